The van der Waals surface area contributed by atoms with Gasteiger partial charge in [0.05, 0.1) is 5.56 Å². The minimum Gasteiger partial charge on any atom is -0.322 e. The minimum absolute atomic E-state index is 0.0105. The van der Waals surface area contributed by atoms with E-state index in [0.29, 0.717) is 10.2 Å². The Balaban J connectivity index is 2.28. The molecule has 1 N–H and O–H groups in total. The van der Waals surface area contributed by atoms with Crippen LogP contribution in [0.2, 0.25) is 0 Å². The first-order chi connectivity index (χ1) is 8.58. The molecule has 2 aromatic carbocycles. The van der Waals surface area contributed by atoms with Crippen molar-refractivity contribution in [2.24, 2.45) is 0 Å². The lowest BCUT2D eigenvalue weighted by Gasteiger charge is -2.08. The SMILES string of the molecule is O=C(Nc1cccc(I)c1)c1c(F)cccc1Br. The fourth-order valence-electron chi connectivity index (χ4n) is 1.47. The van der Waals surface area contributed by atoms with E-state index in [9.17, 15) is 9.18 Å². The van der Waals surface area contributed by atoms with Crippen molar-refractivity contribution in [2.45, 2.75) is 0 Å². The largest absolute Gasteiger partial charge is 0.322 e. The predicted molar refractivity (Wildman–Crippen MR) is 81.2 cm³/mol. The van der Waals surface area contributed by atoms with Gasteiger partial charge in [0.15, 0.2) is 0 Å². The van der Waals surface area contributed by atoms with Gasteiger partial charge in [-0.05, 0) is 68.9 Å². The lowest BCUT2D eigenvalue weighted by Crippen LogP contribution is -2.14. The van der Waals surface area contributed by atoms with Crippen LogP contribution in [-0.2, 0) is 0 Å². The molecule has 0 radical (unpaired) electrons. The first-order valence-corrected chi connectivity index (χ1v) is 6.96. The van der Waals surface area contributed by atoms with E-state index < -0.39 is 11.7 Å². The number of anilines is 1. The molecule has 0 aliphatic rings. The van der Waals surface area contributed by atoms with Gasteiger partial charge in [0.25, 0.3) is 5.91 Å². The molecule has 0 aliphatic carbocycles. The summed E-state index contributed by atoms with van der Waals surface area (Å²) >= 11 is 5.32. The fourth-order valence-corrected chi connectivity index (χ4v) is 2.54. The van der Waals surface area contributed by atoms with Crippen LogP contribution in [0.25, 0.3) is 0 Å². The van der Waals surface area contributed by atoms with Crippen molar-refractivity contribution in [2.75, 3.05) is 5.32 Å². The Morgan fingerprint density at radius 3 is 2.61 bits per heavy atom. The van der Waals surface area contributed by atoms with E-state index >= 15 is 0 Å². The van der Waals surface area contributed by atoms with Gasteiger partial charge in [0, 0.05) is 13.7 Å². The second-order valence-electron chi connectivity index (χ2n) is 3.56. The van der Waals surface area contributed by atoms with Crippen LogP contribution < -0.4 is 5.32 Å². The maximum atomic E-state index is 13.6. The molecule has 5 heteroatoms. The Kier molecular flexibility index (Phi) is 4.34. The summed E-state index contributed by atoms with van der Waals surface area (Å²) in [4.78, 5) is 12.0. The highest BCUT2D eigenvalue weighted by molar-refractivity contribution is 14.1. The number of amides is 1. The van der Waals surface area contributed by atoms with Crippen molar-refractivity contribution in [1.29, 1.82) is 0 Å². The summed E-state index contributed by atoms with van der Waals surface area (Å²) in [6.07, 6.45) is 0. The zero-order chi connectivity index (χ0) is 13.1. The van der Waals surface area contributed by atoms with Gasteiger partial charge in [-0.25, -0.2) is 4.39 Å². The number of carbonyl (C=O) groups is 1. The molecule has 2 nitrogen and oxygen atoms in total. The average molecular weight is 420 g/mol. The molecule has 0 atom stereocenters. The van der Waals surface area contributed by atoms with Gasteiger partial charge in [0.2, 0.25) is 0 Å². The Morgan fingerprint density at radius 1 is 1.22 bits per heavy atom. The Hall–Kier alpha value is -0.950. The van der Waals surface area contributed by atoms with Crippen LogP contribution >= 0.6 is 38.5 Å². The molecule has 1 amide bonds. The van der Waals surface area contributed by atoms with Crippen LogP contribution in [0.4, 0.5) is 10.1 Å². The predicted octanol–water partition coefficient (Wildman–Crippen LogP) is 4.45. The van der Waals surface area contributed by atoms with Crippen molar-refractivity contribution in [1.82, 2.24) is 0 Å². The van der Waals surface area contributed by atoms with Gasteiger partial charge in [0.1, 0.15) is 5.82 Å². The van der Waals surface area contributed by atoms with Crippen LogP contribution in [0, 0.1) is 9.39 Å². The van der Waals surface area contributed by atoms with Gasteiger partial charge in [-0.1, -0.05) is 12.1 Å². The van der Waals surface area contributed by atoms with Crippen LogP contribution in [0.5, 0.6) is 0 Å². The third-order valence-corrected chi connectivity index (χ3v) is 3.60. The van der Waals surface area contributed by atoms with Crippen LogP contribution in [0.15, 0.2) is 46.9 Å². The van der Waals surface area contributed by atoms with E-state index in [2.05, 4.69) is 43.8 Å². The Labute approximate surface area is 126 Å². The van der Waals surface area contributed by atoms with Crippen molar-refractivity contribution < 1.29 is 9.18 Å². The summed E-state index contributed by atoms with van der Waals surface area (Å²) in [5.74, 6) is -1.02. The highest BCUT2D eigenvalue weighted by Gasteiger charge is 2.15. The second kappa shape index (κ2) is 5.79. The molecule has 0 aliphatic heterocycles. The zero-order valence-electron chi connectivity index (χ0n) is 9.08. The van der Waals surface area contributed by atoms with E-state index in [0.717, 1.165) is 3.57 Å². The number of halogens is 3. The molecular weight excluding hydrogens is 412 g/mol. The molecule has 0 spiro atoms. The van der Waals surface area contributed by atoms with E-state index in [1.165, 1.54) is 6.07 Å². The van der Waals surface area contributed by atoms with Gasteiger partial charge < -0.3 is 5.32 Å². The van der Waals surface area contributed by atoms with Crippen LogP contribution in [0.1, 0.15) is 10.4 Å². The molecule has 2 rings (SSSR count). The number of nitrogens with one attached hydrogen (secondary N) is 1. The lowest BCUT2D eigenvalue weighted by molar-refractivity contribution is 0.102. The normalized spacial score (nSPS) is 10.2. The monoisotopic (exact) mass is 419 g/mol. The smallest absolute Gasteiger partial charge is 0.259 e. The molecule has 92 valence electrons. The summed E-state index contributed by atoms with van der Waals surface area (Å²) in [6.45, 7) is 0. The number of carbonyl (C=O) groups excluding carboxylic acids is 1. The van der Waals surface area contributed by atoms with Crippen LogP contribution in [0.3, 0.4) is 0 Å². The molecule has 0 heterocycles. The summed E-state index contributed by atoms with van der Waals surface area (Å²) in [5.41, 5.74) is 0.651. The summed E-state index contributed by atoms with van der Waals surface area (Å²) in [6, 6.07) is 11.7. The van der Waals surface area contributed by atoms with Crippen molar-refractivity contribution in [3.8, 4) is 0 Å². The Morgan fingerprint density at radius 2 is 1.94 bits per heavy atom. The quantitative estimate of drug-likeness (QED) is 0.716. The molecule has 0 saturated heterocycles. The van der Waals surface area contributed by atoms with Gasteiger partial charge in [-0.3, -0.25) is 4.79 Å². The van der Waals surface area contributed by atoms with E-state index in [4.69, 9.17) is 0 Å². The Bertz CT molecular complexity index is 583. The van der Waals surface area contributed by atoms with Crippen LogP contribution in [-0.4, -0.2) is 5.91 Å². The van der Waals surface area contributed by atoms with Gasteiger partial charge in [-0.15, -0.1) is 0 Å². The number of hydrogen-bond donors (Lipinski definition) is 1. The van der Waals surface area contributed by atoms with Crippen molar-refractivity contribution in [3.05, 3.63) is 61.9 Å². The standard InChI is InChI=1S/C13H8BrFINO/c14-10-5-2-6-11(15)12(10)13(18)17-9-4-1-3-8(16)7-9/h1-7H,(H,17,18). The molecule has 0 fully saturated rings. The fraction of sp³-hybridized carbons (Fsp3) is 0. The maximum absolute atomic E-state index is 13.6. The zero-order valence-corrected chi connectivity index (χ0v) is 12.8. The topological polar surface area (TPSA) is 29.1 Å². The molecule has 18 heavy (non-hydrogen) atoms. The minimum atomic E-state index is -0.549. The summed E-state index contributed by atoms with van der Waals surface area (Å²) in [5, 5.41) is 2.67. The number of hydrogen-bond acceptors (Lipinski definition) is 1. The first-order valence-electron chi connectivity index (χ1n) is 5.09. The van der Waals surface area contributed by atoms with E-state index in [-0.39, 0.29) is 5.56 Å². The van der Waals surface area contributed by atoms with Crippen molar-refractivity contribution in [3.63, 3.8) is 0 Å². The third kappa shape index (κ3) is 3.08. The molecule has 0 aromatic heterocycles. The lowest BCUT2D eigenvalue weighted by atomic mass is 10.2. The highest BCUT2D eigenvalue weighted by atomic mass is 127. The third-order valence-electron chi connectivity index (χ3n) is 2.27. The second-order valence-corrected chi connectivity index (χ2v) is 5.66. The summed E-state index contributed by atoms with van der Waals surface area (Å²) < 4.78 is 15.0. The van der Waals surface area contributed by atoms with Gasteiger partial charge in [-0.2, -0.15) is 0 Å². The molecule has 0 bridgehead atoms. The molecule has 2 aromatic rings. The maximum Gasteiger partial charge on any atom is 0.259 e. The molecular formula is C13H8BrFINO. The highest BCUT2D eigenvalue weighted by Crippen LogP contribution is 2.21. The van der Waals surface area contributed by atoms with E-state index in [1.807, 2.05) is 18.2 Å². The average Bonchev–Trinajstić information content (AvgIpc) is 2.28. The van der Waals surface area contributed by atoms with E-state index in [1.54, 1.807) is 18.2 Å². The van der Waals surface area contributed by atoms with Crippen molar-refractivity contribution >= 4 is 50.1 Å². The number of benzene rings is 2. The molecule has 0 saturated carbocycles. The van der Waals surface area contributed by atoms with Gasteiger partial charge >= 0.3 is 0 Å². The molecule has 0 unspecified atom stereocenters. The summed E-state index contributed by atoms with van der Waals surface area (Å²) in [7, 11) is 0. The number of rotatable bonds is 2. The first kappa shape index (κ1) is 13.5.